The third-order valence-corrected chi connectivity index (χ3v) is 4.01. The maximum atomic E-state index is 13.2. The van der Waals surface area contributed by atoms with Crippen LogP contribution in [-0.2, 0) is 0 Å². The Morgan fingerprint density at radius 2 is 1.53 bits per heavy atom. The molecule has 4 rings (SSSR count). The molecule has 0 bridgehead atoms. The van der Waals surface area contributed by atoms with E-state index in [0.717, 1.165) is 12.1 Å². The van der Waals surface area contributed by atoms with Crippen LogP contribution >= 0.6 is 0 Å². The van der Waals surface area contributed by atoms with Crippen molar-refractivity contribution in [1.82, 2.24) is 14.8 Å². The fourth-order valence-electron chi connectivity index (χ4n) is 2.59. The number of amides is 2. The van der Waals surface area contributed by atoms with Crippen molar-refractivity contribution >= 4 is 17.4 Å². The largest absolute Gasteiger partial charge is 0.438 e. The molecule has 4 aromatic rings. The van der Waals surface area contributed by atoms with Gasteiger partial charge in [-0.2, -0.15) is 0 Å². The minimum absolute atomic E-state index is 0.133. The number of benzene rings is 2. The number of carbonyl (C=O) groups is 1. The number of halogens is 2. The van der Waals surface area contributed by atoms with Crippen LogP contribution in [0, 0.1) is 11.6 Å². The third kappa shape index (κ3) is 4.58. The van der Waals surface area contributed by atoms with Crippen molar-refractivity contribution in [3.8, 4) is 17.4 Å². The molecule has 9 heteroatoms. The lowest BCUT2D eigenvalue weighted by atomic mass is 10.3. The lowest BCUT2D eigenvalue weighted by Crippen LogP contribution is -2.19. The SMILES string of the molecule is O=C(Nc1ccc(Oc2ccc(-n3cccc3)nn2)cc1)Nc1ccc(F)c(F)c1. The van der Waals surface area contributed by atoms with Crippen molar-refractivity contribution in [2.45, 2.75) is 0 Å². The van der Waals surface area contributed by atoms with E-state index in [-0.39, 0.29) is 5.69 Å². The summed E-state index contributed by atoms with van der Waals surface area (Å²) in [5, 5.41) is 13.1. The summed E-state index contributed by atoms with van der Waals surface area (Å²) < 4.78 is 33.6. The van der Waals surface area contributed by atoms with Gasteiger partial charge in [-0.05, 0) is 54.6 Å². The van der Waals surface area contributed by atoms with Gasteiger partial charge in [-0.1, -0.05) is 0 Å². The van der Waals surface area contributed by atoms with Crippen molar-refractivity contribution < 1.29 is 18.3 Å². The third-order valence-electron chi connectivity index (χ3n) is 4.01. The number of nitrogens with one attached hydrogen (secondary N) is 2. The molecule has 2 aromatic heterocycles. The van der Waals surface area contributed by atoms with Crippen molar-refractivity contribution in [2.24, 2.45) is 0 Å². The van der Waals surface area contributed by atoms with E-state index >= 15 is 0 Å². The molecular weight excluding hydrogens is 392 g/mol. The van der Waals surface area contributed by atoms with E-state index in [9.17, 15) is 13.6 Å². The fraction of sp³-hybridized carbons (Fsp3) is 0. The lowest BCUT2D eigenvalue weighted by Gasteiger charge is -2.09. The zero-order valence-electron chi connectivity index (χ0n) is 15.4. The summed E-state index contributed by atoms with van der Waals surface area (Å²) in [6.07, 6.45) is 3.72. The van der Waals surface area contributed by atoms with E-state index in [2.05, 4.69) is 20.8 Å². The number of rotatable bonds is 5. The summed E-state index contributed by atoms with van der Waals surface area (Å²) in [6, 6.07) is 16.3. The van der Waals surface area contributed by atoms with E-state index in [0.29, 0.717) is 23.1 Å². The molecule has 7 nitrogen and oxygen atoms in total. The number of ether oxygens (including phenoxy) is 1. The summed E-state index contributed by atoms with van der Waals surface area (Å²) in [7, 11) is 0. The summed E-state index contributed by atoms with van der Waals surface area (Å²) in [5.74, 6) is -0.536. The number of nitrogens with zero attached hydrogens (tertiary/aromatic N) is 3. The molecule has 0 unspecified atom stereocenters. The quantitative estimate of drug-likeness (QED) is 0.489. The maximum Gasteiger partial charge on any atom is 0.323 e. The van der Waals surface area contributed by atoms with Crippen LogP contribution in [0.1, 0.15) is 0 Å². The van der Waals surface area contributed by atoms with Crippen molar-refractivity contribution in [1.29, 1.82) is 0 Å². The van der Waals surface area contributed by atoms with Crippen molar-refractivity contribution in [3.63, 3.8) is 0 Å². The summed E-state index contributed by atoms with van der Waals surface area (Å²) in [5.41, 5.74) is 0.616. The predicted molar refractivity (Wildman–Crippen MR) is 107 cm³/mol. The van der Waals surface area contributed by atoms with Crippen LogP contribution in [0.4, 0.5) is 25.0 Å². The average Bonchev–Trinajstić information content (AvgIpc) is 3.28. The summed E-state index contributed by atoms with van der Waals surface area (Å²) >= 11 is 0. The van der Waals surface area contributed by atoms with E-state index in [1.807, 2.05) is 29.1 Å². The van der Waals surface area contributed by atoms with E-state index in [1.165, 1.54) is 6.07 Å². The molecule has 0 aliphatic heterocycles. The fourth-order valence-corrected chi connectivity index (χ4v) is 2.59. The topological polar surface area (TPSA) is 81.1 Å². The standard InChI is InChI=1S/C21H15F2N5O2/c22-17-8-5-15(13-18(17)23)25-21(29)24-14-3-6-16(7-4-14)30-20-10-9-19(26-27-20)28-11-1-2-12-28/h1-13H,(H2,24,25,29). The first-order valence-electron chi connectivity index (χ1n) is 8.85. The molecule has 0 aliphatic carbocycles. The summed E-state index contributed by atoms with van der Waals surface area (Å²) in [4.78, 5) is 12.0. The Bertz CT molecular complexity index is 1150. The number of hydrogen-bond acceptors (Lipinski definition) is 4. The van der Waals surface area contributed by atoms with Crippen LogP contribution in [0.5, 0.6) is 11.6 Å². The van der Waals surface area contributed by atoms with Gasteiger partial charge < -0.3 is 19.9 Å². The first-order chi connectivity index (χ1) is 14.6. The van der Waals surface area contributed by atoms with Gasteiger partial charge in [0, 0.05) is 35.9 Å². The Hall–Kier alpha value is -4.27. The van der Waals surface area contributed by atoms with Gasteiger partial charge in [0.2, 0.25) is 5.88 Å². The molecule has 0 fully saturated rings. The van der Waals surface area contributed by atoms with Gasteiger partial charge in [0.25, 0.3) is 0 Å². The Kier molecular flexibility index (Phi) is 5.33. The monoisotopic (exact) mass is 407 g/mol. The van der Waals surface area contributed by atoms with Gasteiger partial charge in [0.15, 0.2) is 17.5 Å². The molecule has 0 aliphatic rings. The number of aromatic nitrogens is 3. The molecule has 2 heterocycles. The van der Waals surface area contributed by atoms with Gasteiger partial charge in [0.05, 0.1) is 0 Å². The number of anilines is 2. The van der Waals surface area contributed by atoms with Crippen molar-refractivity contribution in [3.05, 3.63) is 90.8 Å². The highest BCUT2D eigenvalue weighted by atomic mass is 19.2. The highest BCUT2D eigenvalue weighted by molar-refractivity contribution is 5.99. The molecule has 2 aromatic carbocycles. The second-order valence-corrected chi connectivity index (χ2v) is 6.15. The smallest absolute Gasteiger partial charge is 0.323 e. The van der Waals surface area contributed by atoms with Gasteiger partial charge in [-0.15, -0.1) is 10.2 Å². The molecule has 0 radical (unpaired) electrons. The molecule has 30 heavy (non-hydrogen) atoms. The Morgan fingerprint density at radius 1 is 0.833 bits per heavy atom. The first kappa shape index (κ1) is 19.1. The van der Waals surface area contributed by atoms with E-state index < -0.39 is 17.7 Å². The van der Waals surface area contributed by atoms with Gasteiger partial charge >= 0.3 is 6.03 Å². The Labute approximate surface area is 170 Å². The molecule has 2 amide bonds. The van der Waals surface area contributed by atoms with Crippen LogP contribution in [-0.4, -0.2) is 20.8 Å². The number of carbonyl (C=O) groups excluding carboxylic acids is 1. The molecule has 0 atom stereocenters. The Balaban J connectivity index is 1.34. The van der Waals surface area contributed by atoms with Crippen LogP contribution in [0.3, 0.4) is 0 Å². The highest BCUT2D eigenvalue weighted by Gasteiger charge is 2.07. The van der Waals surface area contributed by atoms with Crippen LogP contribution in [0.15, 0.2) is 79.1 Å². The van der Waals surface area contributed by atoms with Gasteiger partial charge in [0.1, 0.15) is 5.75 Å². The molecule has 0 saturated heterocycles. The normalized spacial score (nSPS) is 10.5. The number of hydrogen-bond donors (Lipinski definition) is 2. The minimum atomic E-state index is -1.04. The molecule has 2 N–H and O–H groups in total. The van der Waals surface area contributed by atoms with Gasteiger partial charge in [-0.25, -0.2) is 13.6 Å². The zero-order chi connectivity index (χ0) is 20.9. The second-order valence-electron chi connectivity index (χ2n) is 6.15. The molecule has 150 valence electrons. The van der Waals surface area contributed by atoms with E-state index in [1.54, 1.807) is 36.4 Å². The maximum absolute atomic E-state index is 13.2. The van der Waals surface area contributed by atoms with Crippen LogP contribution < -0.4 is 15.4 Å². The second kappa shape index (κ2) is 8.39. The highest BCUT2D eigenvalue weighted by Crippen LogP contribution is 2.22. The lowest BCUT2D eigenvalue weighted by molar-refractivity contribution is 0.262. The van der Waals surface area contributed by atoms with Gasteiger partial charge in [-0.3, -0.25) is 0 Å². The Morgan fingerprint density at radius 3 is 2.20 bits per heavy atom. The average molecular weight is 407 g/mol. The number of urea groups is 1. The molecule has 0 spiro atoms. The van der Waals surface area contributed by atoms with Crippen LogP contribution in [0.25, 0.3) is 5.82 Å². The molecule has 0 saturated carbocycles. The van der Waals surface area contributed by atoms with E-state index in [4.69, 9.17) is 4.74 Å². The summed E-state index contributed by atoms with van der Waals surface area (Å²) in [6.45, 7) is 0. The molecular formula is C21H15F2N5O2. The predicted octanol–water partition coefficient (Wildman–Crippen LogP) is 4.98. The van der Waals surface area contributed by atoms with Crippen LogP contribution in [0.2, 0.25) is 0 Å². The zero-order valence-corrected chi connectivity index (χ0v) is 15.4. The first-order valence-corrected chi connectivity index (χ1v) is 8.85. The minimum Gasteiger partial charge on any atom is -0.438 e. The van der Waals surface area contributed by atoms with Crippen molar-refractivity contribution in [2.75, 3.05) is 10.6 Å².